The van der Waals surface area contributed by atoms with Crippen molar-refractivity contribution >= 4 is 0 Å². The summed E-state index contributed by atoms with van der Waals surface area (Å²) in [6, 6.07) is 0. The van der Waals surface area contributed by atoms with Gasteiger partial charge in [-0.25, -0.2) is 0 Å². The van der Waals surface area contributed by atoms with Gasteiger partial charge in [0.25, 0.3) is 0 Å². The molecule has 0 saturated heterocycles. The molecule has 0 fully saturated rings. The van der Waals surface area contributed by atoms with Crippen LogP contribution in [0.15, 0.2) is 6.08 Å². The van der Waals surface area contributed by atoms with Gasteiger partial charge in [-0.1, -0.05) is 0 Å². The van der Waals surface area contributed by atoms with Crippen LogP contribution in [0.1, 0.15) is 0 Å². The molecule has 0 aromatic heterocycles. The molecule has 0 aromatic rings. The van der Waals surface area contributed by atoms with Gasteiger partial charge in [0.05, 0.1) is 0 Å². The summed E-state index contributed by atoms with van der Waals surface area (Å²) >= 11 is 0. The first-order valence-corrected chi connectivity index (χ1v) is 1.34. The van der Waals surface area contributed by atoms with Crippen molar-refractivity contribution in [1.29, 1.82) is 0 Å². The second-order valence-electron chi connectivity index (χ2n) is 0.553. The Morgan fingerprint density at radius 2 is 2.33 bits per heavy atom. The minimum absolute atomic E-state index is 0. The summed E-state index contributed by atoms with van der Waals surface area (Å²) in [5.41, 5.74) is 0. The molecule has 2 heteroatoms. The molecular weight excluding hydrogens is 170 g/mol. The third-order valence-electron chi connectivity index (χ3n) is 0.228. The Balaban J connectivity index is 0. The SMILES string of the molecule is [CH2-]C=[C-]C[O-].[Pd+2]. The van der Waals surface area contributed by atoms with Crippen molar-refractivity contribution in [3.63, 3.8) is 0 Å². The molecule has 1 nitrogen and oxygen atoms in total. The molecule has 0 unspecified atom stereocenters. The minimum atomic E-state index is -0.274. The molecule has 0 rings (SSSR count). The van der Waals surface area contributed by atoms with Gasteiger partial charge in [-0.2, -0.15) is 0 Å². The van der Waals surface area contributed by atoms with Gasteiger partial charge >= 0.3 is 20.4 Å². The van der Waals surface area contributed by atoms with Gasteiger partial charge in [0, 0.05) is 0 Å². The molecule has 0 saturated carbocycles. The van der Waals surface area contributed by atoms with Gasteiger partial charge < -0.3 is 24.2 Å². The van der Waals surface area contributed by atoms with E-state index in [4.69, 9.17) is 0 Å². The predicted octanol–water partition coefficient (Wildman–Crippen LogP) is -0.462. The van der Waals surface area contributed by atoms with Gasteiger partial charge in [-0.05, 0) is 0 Å². The van der Waals surface area contributed by atoms with Crippen LogP contribution in [-0.4, -0.2) is 6.61 Å². The van der Waals surface area contributed by atoms with Crippen molar-refractivity contribution in [2.45, 2.75) is 0 Å². The summed E-state index contributed by atoms with van der Waals surface area (Å²) in [4.78, 5) is 0. The molecule has 38 valence electrons. The first kappa shape index (κ1) is 9.53. The summed E-state index contributed by atoms with van der Waals surface area (Å²) in [5, 5.41) is 9.35. The zero-order valence-electron chi connectivity index (χ0n) is 3.22. The summed E-state index contributed by atoms with van der Waals surface area (Å²) in [6.07, 6.45) is 3.69. The molecule has 0 heterocycles. The van der Waals surface area contributed by atoms with E-state index in [9.17, 15) is 5.11 Å². The molecule has 0 aliphatic rings. The smallest absolute Gasteiger partial charge is 0.877 e. The second-order valence-corrected chi connectivity index (χ2v) is 0.553. The fraction of sp³-hybridized carbons (Fsp3) is 0.250. The van der Waals surface area contributed by atoms with Gasteiger partial charge in [0.2, 0.25) is 0 Å². The van der Waals surface area contributed by atoms with Crippen molar-refractivity contribution in [2.24, 2.45) is 0 Å². The number of hydrogen-bond acceptors (Lipinski definition) is 1. The van der Waals surface area contributed by atoms with E-state index < -0.39 is 0 Å². The maximum absolute atomic E-state index is 9.35. The monoisotopic (exact) mass is 175 g/mol. The zero-order valence-corrected chi connectivity index (χ0v) is 4.77. The Morgan fingerprint density at radius 1 is 1.83 bits per heavy atom. The molecule has 0 radical (unpaired) electrons. The number of allylic oxidation sites excluding steroid dienone is 1. The van der Waals surface area contributed by atoms with Crippen LogP contribution in [0.5, 0.6) is 0 Å². The van der Waals surface area contributed by atoms with Crippen molar-refractivity contribution < 1.29 is 25.5 Å². The Morgan fingerprint density at radius 3 is 2.33 bits per heavy atom. The third-order valence-corrected chi connectivity index (χ3v) is 0.228. The van der Waals surface area contributed by atoms with E-state index >= 15 is 0 Å². The van der Waals surface area contributed by atoms with Crippen molar-refractivity contribution in [2.75, 3.05) is 6.61 Å². The van der Waals surface area contributed by atoms with Crippen LogP contribution >= 0.6 is 0 Å². The fourth-order valence-corrected chi connectivity index (χ4v) is 0.0589. The Hall–Kier alpha value is 0.232. The molecule has 0 spiro atoms. The van der Waals surface area contributed by atoms with Gasteiger partial charge in [-0.15, -0.1) is 0 Å². The summed E-state index contributed by atoms with van der Waals surface area (Å²) in [7, 11) is 0. The standard InChI is InChI=1S/C4H5O.Pd/c1-2-3-4-5;/h2H,1,4H2;/q-3;+2. The van der Waals surface area contributed by atoms with E-state index in [2.05, 4.69) is 13.0 Å². The van der Waals surface area contributed by atoms with E-state index in [0.29, 0.717) is 0 Å². The molecule has 0 aromatic carbocycles. The van der Waals surface area contributed by atoms with Crippen LogP contribution in [0.25, 0.3) is 0 Å². The van der Waals surface area contributed by atoms with Crippen LogP contribution in [0.4, 0.5) is 0 Å². The Labute approximate surface area is 51.7 Å². The quantitative estimate of drug-likeness (QED) is 0.391. The normalized spacial score (nSPS) is 8.17. The third kappa shape index (κ3) is 8.87. The molecule has 0 atom stereocenters. The fourth-order valence-electron chi connectivity index (χ4n) is 0.0589. The molecule has 6 heavy (non-hydrogen) atoms. The van der Waals surface area contributed by atoms with E-state index in [1.54, 1.807) is 0 Å². The summed E-state index contributed by atoms with van der Waals surface area (Å²) in [5.74, 6) is 0. The Kier molecular flexibility index (Phi) is 14.2. The molecule has 0 bridgehead atoms. The molecule has 0 aliphatic carbocycles. The Bertz CT molecular complexity index is 34.5. The largest absolute Gasteiger partial charge is 2.00 e. The van der Waals surface area contributed by atoms with Crippen LogP contribution in [0.2, 0.25) is 0 Å². The maximum Gasteiger partial charge on any atom is 2.00 e. The molecule has 0 N–H and O–H groups in total. The average molecular weight is 176 g/mol. The number of hydrogen-bond donors (Lipinski definition) is 0. The van der Waals surface area contributed by atoms with Gasteiger partial charge in [0.1, 0.15) is 0 Å². The molecule has 0 aliphatic heterocycles. The number of rotatable bonds is 1. The van der Waals surface area contributed by atoms with E-state index in [-0.39, 0.29) is 27.0 Å². The van der Waals surface area contributed by atoms with Crippen molar-refractivity contribution in [3.05, 3.63) is 19.1 Å². The first-order chi connectivity index (χ1) is 2.41. The minimum Gasteiger partial charge on any atom is -0.877 e. The van der Waals surface area contributed by atoms with E-state index in [1.807, 2.05) is 0 Å². The first-order valence-electron chi connectivity index (χ1n) is 1.34. The maximum atomic E-state index is 9.35. The van der Waals surface area contributed by atoms with Crippen LogP contribution in [0, 0.1) is 13.0 Å². The molecule has 0 amide bonds. The molecular formula is C4H5OPd-. The van der Waals surface area contributed by atoms with Gasteiger partial charge in [-0.3, -0.25) is 6.61 Å². The van der Waals surface area contributed by atoms with E-state index in [1.165, 1.54) is 6.08 Å². The van der Waals surface area contributed by atoms with Crippen LogP contribution in [0.3, 0.4) is 0 Å². The average Bonchev–Trinajstić information content (AvgIpc) is 1.41. The van der Waals surface area contributed by atoms with Crippen LogP contribution < -0.4 is 5.11 Å². The summed E-state index contributed by atoms with van der Waals surface area (Å²) in [6.45, 7) is 2.96. The zero-order chi connectivity index (χ0) is 4.12. The second kappa shape index (κ2) is 8.97. The van der Waals surface area contributed by atoms with Crippen molar-refractivity contribution in [1.82, 2.24) is 0 Å². The predicted molar refractivity (Wildman–Crippen MR) is 18.0 cm³/mol. The van der Waals surface area contributed by atoms with Gasteiger partial charge in [0.15, 0.2) is 0 Å². The topological polar surface area (TPSA) is 23.1 Å². The summed E-state index contributed by atoms with van der Waals surface area (Å²) < 4.78 is 0. The van der Waals surface area contributed by atoms with E-state index in [0.717, 1.165) is 0 Å². The van der Waals surface area contributed by atoms with Crippen molar-refractivity contribution in [3.8, 4) is 0 Å². The van der Waals surface area contributed by atoms with Crippen LogP contribution in [-0.2, 0) is 20.4 Å².